The van der Waals surface area contributed by atoms with Crippen LogP contribution in [0.5, 0.6) is 0 Å². The number of primary sulfonamides is 1. The number of guanidine groups is 1. The van der Waals surface area contributed by atoms with E-state index in [1.807, 2.05) is 0 Å². The van der Waals surface area contributed by atoms with Crippen molar-refractivity contribution >= 4 is 51.3 Å². The molecule has 1 aliphatic rings. The van der Waals surface area contributed by atoms with Gasteiger partial charge in [0.1, 0.15) is 4.21 Å². The van der Waals surface area contributed by atoms with Crippen molar-refractivity contribution in [3.05, 3.63) is 17.0 Å². The molecule has 6 nitrogen and oxygen atoms in total. The standard InChI is InChI=1S/C16H28N4O2S2.HI/c1-4-12(5-2)13-8-9-20(11-13)16(18-3)19-10-14-6-7-15(23-14)24(17,21)22;/h6-7,12-13H,4-5,8-11H2,1-3H3,(H,18,19)(H2,17,21,22);1H. The number of nitrogens with zero attached hydrogens (tertiary/aromatic N) is 2. The zero-order valence-electron chi connectivity index (χ0n) is 15.1. The lowest BCUT2D eigenvalue weighted by atomic mass is 9.87. The summed E-state index contributed by atoms with van der Waals surface area (Å²) in [5.41, 5.74) is 0. The van der Waals surface area contributed by atoms with Crippen LogP contribution in [-0.2, 0) is 16.6 Å². The van der Waals surface area contributed by atoms with Crippen molar-refractivity contribution < 1.29 is 8.42 Å². The quantitative estimate of drug-likeness (QED) is 0.357. The molecule has 1 aromatic rings. The molecule has 0 bridgehead atoms. The SMILES string of the molecule is CCC(CC)C1CCN(C(=NC)NCc2ccc(S(N)(=O)=O)s2)C1.I. The number of rotatable bonds is 6. The third kappa shape index (κ3) is 6.07. The van der Waals surface area contributed by atoms with Gasteiger partial charge < -0.3 is 10.2 Å². The fraction of sp³-hybridized carbons (Fsp3) is 0.688. The Morgan fingerprint density at radius 2 is 2.12 bits per heavy atom. The van der Waals surface area contributed by atoms with Crippen molar-refractivity contribution in [2.24, 2.45) is 22.0 Å². The van der Waals surface area contributed by atoms with Gasteiger partial charge in [0.05, 0.1) is 6.54 Å². The second-order valence-electron chi connectivity index (χ2n) is 6.24. The van der Waals surface area contributed by atoms with Crippen molar-refractivity contribution in [3.8, 4) is 0 Å². The Morgan fingerprint density at radius 3 is 2.64 bits per heavy atom. The van der Waals surface area contributed by atoms with Gasteiger partial charge >= 0.3 is 0 Å². The molecule has 0 spiro atoms. The average Bonchev–Trinajstić information content (AvgIpc) is 3.19. The first kappa shape index (κ1) is 22.7. The molecular formula is C16H29IN4O2S2. The molecule has 1 aromatic heterocycles. The number of nitrogens with two attached hydrogens (primary N) is 1. The minimum atomic E-state index is -3.61. The number of nitrogens with one attached hydrogen (secondary N) is 1. The van der Waals surface area contributed by atoms with Crippen LogP contribution in [0.1, 0.15) is 38.0 Å². The third-order valence-corrected chi connectivity index (χ3v) is 7.31. The van der Waals surface area contributed by atoms with Gasteiger partial charge in [0.15, 0.2) is 5.96 Å². The van der Waals surface area contributed by atoms with Crippen molar-refractivity contribution in [3.63, 3.8) is 0 Å². The predicted molar refractivity (Wildman–Crippen MR) is 115 cm³/mol. The lowest BCUT2D eigenvalue weighted by Gasteiger charge is -2.24. The summed E-state index contributed by atoms with van der Waals surface area (Å²) in [5.74, 6) is 2.39. The second-order valence-corrected chi connectivity index (χ2v) is 9.19. The van der Waals surface area contributed by atoms with Crippen molar-refractivity contribution in [1.82, 2.24) is 10.2 Å². The molecule has 1 unspecified atom stereocenters. The van der Waals surface area contributed by atoms with E-state index in [0.29, 0.717) is 6.54 Å². The largest absolute Gasteiger partial charge is 0.351 e. The van der Waals surface area contributed by atoms with Crippen molar-refractivity contribution in [2.75, 3.05) is 20.1 Å². The number of halogens is 1. The van der Waals surface area contributed by atoms with Crippen LogP contribution < -0.4 is 10.5 Å². The first-order valence-electron chi connectivity index (χ1n) is 8.46. The lowest BCUT2D eigenvalue weighted by Crippen LogP contribution is -2.39. The van der Waals surface area contributed by atoms with Gasteiger partial charge in [-0.25, -0.2) is 13.6 Å². The summed E-state index contributed by atoms with van der Waals surface area (Å²) in [4.78, 5) is 7.61. The van der Waals surface area contributed by atoms with Gasteiger partial charge in [0.2, 0.25) is 10.0 Å². The molecule has 144 valence electrons. The third-order valence-electron chi connectivity index (χ3n) is 4.79. The van der Waals surface area contributed by atoms with Crippen LogP contribution in [0.25, 0.3) is 0 Å². The molecule has 25 heavy (non-hydrogen) atoms. The second kappa shape index (κ2) is 10.1. The van der Waals surface area contributed by atoms with Gasteiger partial charge in [0.25, 0.3) is 0 Å². The van der Waals surface area contributed by atoms with E-state index in [1.165, 1.54) is 30.6 Å². The van der Waals surface area contributed by atoms with Gasteiger partial charge in [0, 0.05) is 25.0 Å². The molecule has 0 saturated carbocycles. The molecular weight excluding hydrogens is 471 g/mol. The molecule has 3 N–H and O–H groups in total. The smallest absolute Gasteiger partial charge is 0.247 e. The lowest BCUT2D eigenvalue weighted by molar-refractivity contribution is 0.319. The molecule has 2 rings (SSSR count). The number of aliphatic imine (C=N–C) groups is 1. The van der Waals surface area contributed by atoms with Crippen LogP contribution in [0.2, 0.25) is 0 Å². The topological polar surface area (TPSA) is 87.8 Å². The maximum absolute atomic E-state index is 11.3. The molecule has 0 aliphatic carbocycles. The summed E-state index contributed by atoms with van der Waals surface area (Å²) in [6.45, 7) is 7.15. The van der Waals surface area contributed by atoms with Crippen LogP contribution in [0.4, 0.5) is 0 Å². The summed E-state index contributed by atoms with van der Waals surface area (Å²) in [6, 6.07) is 3.35. The Hall–Kier alpha value is -0.390. The van der Waals surface area contributed by atoms with Crippen LogP contribution in [-0.4, -0.2) is 39.4 Å². The summed E-state index contributed by atoms with van der Waals surface area (Å²) in [5, 5.41) is 8.49. The van der Waals surface area contributed by atoms with Crippen LogP contribution >= 0.6 is 35.3 Å². The number of hydrogen-bond donors (Lipinski definition) is 2. The molecule has 0 aromatic carbocycles. The van der Waals surface area contributed by atoms with Crippen LogP contribution in [0.15, 0.2) is 21.3 Å². The highest BCUT2D eigenvalue weighted by Crippen LogP contribution is 2.28. The Balaban J connectivity index is 0.00000312. The maximum atomic E-state index is 11.3. The Bertz CT molecular complexity index is 671. The molecule has 0 amide bonds. The van der Waals surface area contributed by atoms with Crippen LogP contribution in [0, 0.1) is 11.8 Å². The molecule has 1 aliphatic heterocycles. The normalized spacial score (nSPS) is 18.5. The highest BCUT2D eigenvalue weighted by atomic mass is 127. The fourth-order valence-corrected chi connectivity index (χ4v) is 5.14. The molecule has 0 radical (unpaired) electrons. The minimum Gasteiger partial charge on any atom is -0.351 e. The Morgan fingerprint density at radius 1 is 1.44 bits per heavy atom. The first-order chi connectivity index (χ1) is 11.4. The monoisotopic (exact) mass is 500 g/mol. The maximum Gasteiger partial charge on any atom is 0.247 e. The highest BCUT2D eigenvalue weighted by molar-refractivity contribution is 14.0. The molecule has 1 fully saturated rings. The van der Waals surface area contributed by atoms with Crippen molar-refractivity contribution in [2.45, 2.75) is 43.9 Å². The molecule has 2 heterocycles. The molecule has 1 atom stereocenters. The molecule has 9 heteroatoms. The van der Waals surface area contributed by atoms with Gasteiger partial charge in [-0.3, -0.25) is 4.99 Å². The van der Waals surface area contributed by atoms with Gasteiger partial charge in [-0.1, -0.05) is 26.7 Å². The minimum absolute atomic E-state index is 0. The van der Waals surface area contributed by atoms with E-state index < -0.39 is 10.0 Å². The number of likely N-dealkylation sites (tertiary alicyclic amines) is 1. The number of sulfonamides is 1. The van der Waals surface area contributed by atoms with E-state index in [0.717, 1.165) is 35.8 Å². The summed E-state index contributed by atoms with van der Waals surface area (Å²) < 4.78 is 22.9. The van der Waals surface area contributed by atoms with E-state index in [1.54, 1.807) is 19.2 Å². The Labute approximate surface area is 172 Å². The highest BCUT2D eigenvalue weighted by Gasteiger charge is 2.29. The summed E-state index contributed by atoms with van der Waals surface area (Å²) >= 11 is 1.20. The molecule has 1 saturated heterocycles. The van der Waals surface area contributed by atoms with E-state index in [9.17, 15) is 8.42 Å². The van der Waals surface area contributed by atoms with Gasteiger partial charge in [-0.2, -0.15) is 0 Å². The fourth-order valence-electron chi connectivity index (χ4n) is 3.42. The van der Waals surface area contributed by atoms with Crippen molar-refractivity contribution in [1.29, 1.82) is 0 Å². The van der Waals surface area contributed by atoms with E-state index >= 15 is 0 Å². The Kier molecular flexibility index (Phi) is 9.13. The number of hydrogen-bond acceptors (Lipinski definition) is 4. The first-order valence-corrected chi connectivity index (χ1v) is 10.8. The van der Waals surface area contributed by atoms with Gasteiger partial charge in [-0.15, -0.1) is 35.3 Å². The summed E-state index contributed by atoms with van der Waals surface area (Å²) in [6.07, 6.45) is 3.67. The van der Waals surface area contributed by atoms with E-state index in [-0.39, 0.29) is 28.2 Å². The van der Waals surface area contributed by atoms with E-state index in [2.05, 4.69) is 29.1 Å². The average molecular weight is 500 g/mol. The zero-order chi connectivity index (χ0) is 17.7. The zero-order valence-corrected chi connectivity index (χ0v) is 19.0. The number of thiophene rings is 1. The van der Waals surface area contributed by atoms with E-state index in [4.69, 9.17) is 5.14 Å². The van der Waals surface area contributed by atoms with Gasteiger partial charge in [-0.05, 0) is 30.4 Å². The predicted octanol–water partition coefficient (Wildman–Crippen LogP) is 2.85. The summed E-state index contributed by atoms with van der Waals surface area (Å²) in [7, 11) is -1.83. The van der Waals surface area contributed by atoms with Crippen LogP contribution in [0.3, 0.4) is 0 Å².